The van der Waals surface area contributed by atoms with Crippen LogP contribution in [0.1, 0.15) is 49.9 Å². The summed E-state index contributed by atoms with van der Waals surface area (Å²) in [6.45, 7) is 7.56. The van der Waals surface area contributed by atoms with Gasteiger partial charge in [0.15, 0.2) is 5.82 Å². The highest BCUT2D eigenvalue weighted by molar-refractivity contribution is 5.20. The van der Waals surface area contributed by atoms with Crippen molar-refractivity contribution in [3.63, 3.8) is 0 Å². The number of nitrogens with zero attached hydrogens (tertiary/aromatic N) is 2. The van der Waals surface area contributed by atoms with Gasteiger partial charge in [0.25, 0.3) is 0 Å². The van der Waals surface area contributed by atoms with Crippen molar-refractivity contribution in [1.29, 1.82) is 0 Å². The zero-order chi connectivity index (χ0) is 13.9. The smallest absolute Gasteiger partial charge is 0.160 e. The van der Waals surface area contributed by atoms with Crippen LogP contribution in [0.2, 0.25) is 0 Å². The van der Waals surface area contributed by atoms with Gasteiger partial charge in [-0.05, 0) is 20.8 Å². The first-order valence-electron chi connectivity index (χ1n) is 6.83. The lowest BCUT2D eigenvalue weighted by Gasteiger charge is -2.35. The molecule has 19 heavy (non-hydrogen) atoms. The number of aliphatic hydroxyl groups is 1. The van der Waals surface area contributed by atoms with E-state index >= 15 is 0 Å². The summed E-state index contributed by atoms with van der Waals surface area (Å²) < 4.78 is 11.4. The third-order valence-corrected chi connectivity index (χ3v) is 3.60. The average molecular weight is 266 g/mol. The van der Waals surface area contributed by atoms with Crippen LogP contribution in [0, 0.1) is 6.92 Å². The standard InChI is InChI=1S/C14H22N2O3/c1-4-19-14(5-7-18-8-6-14)13-15-9-12(11(3)17)10(2)16-13/h9,11,17H,4-8H2,1-3H3/t11-/m1/s1. The topological polar surface area (TPSA) is 64.5 Å². The molecule has 0 unspecified atom stereocenters. The van der Waals surface area contributed by atoms with Crippen molar-refractivity contribution in [2.45, 2.75) is 45.3 Å². The maximum atomic E-state index is 9.64. The zero-order valence-electron chi connectivity index (χ0n) is 11.8. The molecule has 1 N–H and O–H groups in total. The van der Waals surface area contributed by atoms with Gasteiger partial charge in [-0.3, -0.25) is 0 Å². The van der Waals surface area contributed by atoms with E-state index < -0.39 is 11.7 Å². The Morgan fingerprint density at radius 3 is 2.68 bits per heavy atom. The lowest BCUT2D eigenvalue weighted by Crippen LogP contribution is -2.38. The van der Waals surface area contributed by atoms with Crippen LogP contribution in [-0.2, 0) is 15.1 Å². The first-order chi connectivity index (χ1) is 9.09. The predicted octanol–water partition coefficient (Wildman–Crippen LogP) is 1.88. The minimum Gasteiger partial charge on any atom is -0.389 e. The maximum absolute atomic E-state index is 9.64. The number of hydrogen-bond acceptors (Lipinski definition) is 5. The van der Waals surface area contributed by atoms with Crippen LogP contribution < -0.4 is 0 Å². The molecule has 0 bridgehead atoms. The predicted molar refractivity (Wildman–Crippen MR) is 70.8 cm³/mol. The molecule has 2 rings (SSSR count). The lowest BCUT2D eigenvalue weighted by atomic mass is 9.92. The Labute approximate surface area is 114 Å². The normalized spacial score (nSPS) is 20.2. The molecule has 0 aliphatic carbocycles. The van der Waals surface area contributed by atoms with Crippen molar-refractivity contribution >= 4 is 0 Å². The van der Waals surface area contributed by atoms with Gasteiger partial charge in [0, 0.05) is 50.1 Å². The van der Waals surface area contributed by atoms with Gasteiger partial charge >= 0.3 is 0 Å². The van der Waals surface area contributed by atoms with Crippen LogP contribution in [0.4, 0.5) is 0 Å². The average Bonchev–Trinajstić information content (AvgIpc) is 2.39. The van der Waals surface area contributed by atoms with E-state index in [1.54, 1.807) is 13.1 Å². The van der Waals surface area contributed by atoms with E-state index in [2.05, 4.69) is 9.97 Å². The van der Waals surface area contributed by atoms with Crippen molar-refractivity contribution in [3.8, 4) is 0 Å². The number of aromatic nitrogens is 2. The van der Waals surface area contributed by atoms with Crippen LogP contribution >= 0.6 is 0 Å². The Hall–Kier alpha value is -1.04. The van der Waals surface area contributed by atoms with Gasteiger partial charge in [0.05, 0.1) is 6.10 Å². The summed E-state index contributed by atoms with van der Waals surface area (Å²) in [5, 5.41) is 9.64. The minimum absolute atomic E-state index is 0.436. The fourth-order valence-electron chi connectivity index (χ4n) is 2.52. The number of aryl methyl sites for hydroxylation is 1. The maximum Gasteiger partial charge on any atom is 0.160 e. The van der Waals surface area contributed by atoms with Crippen LogP contribution in [0.15, 0.2) is 6.20 Å². The Balaban J connectivity index is 2.34. The fraction of sp³-hybridized carbons (Fsp3) is 0.714. The highest BCUT2D eigenvalue weighted by Gasteiger charge is 2.38. The van der Waals surface area contributed by atoms with Crippen molar-refractivity contribution in [3.05, 3.63) is 23.3 Å². The van der Waals surface area contributed by atoms with E-state index in [9.17, 15) is 5.11 Å². The Morgan fingerprint density at radius 1 is 1.47 bits per heavy atom. The third kappa shape index (κ3) is 2.94. The van der Waals surface area contributed by atoms with Gasteiger partial charge < -0.3 is 14.6 Å². The van der Waals surface area contributed by atoms with E-state index in [4.69, 9.17) is 9.47 Å². The van der Waals surface area contributed by atoms with Crippen LogP contribution in [-0.4, -0.2) is 34.9 Å². The Bertz CT molecular complexity index is 423. The first-order valence-corrected chi connectivity index (χ1v) is 6.83. The molecule has 1 aromatic heterocycles. The van der Waals surface area contributed by atoms with Crippen molar-refractivity contribution in [2.75, 3.05) is 19.8 Å². The second kappa shape index (κ2) is 5.94. The summed E-state index contributed by atoms with van der Waals surface area (Å²) in [6.07, 6.45) is 2.70. The molecule has 1 aliphatic rings. The minimum atomic E-state index is -0.549. The first kappa shape index (κ1) is 14.4. The molecule has 2 heterocycles. The van der Waals surface area contributed by atoms with Crippen molar-refractivity contribution < 1.29 is 14.6 Å². The Morgan fingerprint density at radius 2 is 2.16 bits per heavy atom. The van der Waals surface area contributed by atoms with Gasteiger partial charge in [-0.1, -0.05) is 0 Å². The van der Waals surface area contributed by atoms with Crippen LogP contribution in [0.5, 0.6) is 0 Å². The van der Waals surface area contributed by atoms with Gasteiger partial charge in [0.1, 0.15) is 5.60 Å². The summed E-state index contributed by atoms with van der Waals surface area (Å²) in [6, 6.07) is 0. The second-order valence-corrected chi connectivity index (χ2v) is 4.95. The molecule has 106 valence electrons. The third-order valence-electron chi connectivity index (χ3n) is 3.60. The second-order valence-electron chi connectivity index (χ2n) is 4.95. The molecule has 0 radical (unpaired) electrons. The molecule has 0 spiro atoms. The molecule has 0 aromatic carbocycles. The lowest BCUT2D eigenvalue weighted by molar-refractivity contribution is -0.118. The molecule has 0 amide bonds. The van der Waals surface area contributed by atoms with Crippen molar-refractivity contribution in [1.82, 2.24) is 9.97 Å². The molecule has 5 heteroatoms. The molecule has 1 fully saturated rings. The van der Waals surface area contributed by atoms with Crippen LogP contribution in [0.25, 0.3) is 0 Å². The highest BCUT2D eigenvalue weighted by Crippen LogP contribution is 2.34. The molecular weight excluding hydrogens is 244 g/mol. The summed E-state index contributed by atoms with van der Waals surface area (Å²) >= 11 is 0. The van der Waals surface area contributed by atoms with Gasteiger partial charge in [-0.25, -0.2) is 9.97 Å². The van der Waals surface area contributed by atoms with E-state index in [-0.39, 0.29) is 0 Å². The van der Waals surface area contributed by atoms with E-state index in [1.807, 2.05) is 13.8 Å². The van der Waals surface area contributed by atoms with E-state index in [1.165, 1.54) is 0 Å². The summed E-state index contributed by atoms with van der Waals surface area (Å²) in [4.78, 5) is 8.98. The molecule has 1 aromatic rings. The van der Waals surface area contributed by atoms with Gasteiger partial charge in [0.2, 0.25) is 0 Å². The summed E-state index contributed by atoms with van der Waals surface area (Å²) in [5.74, 6) is 0.708. The van der Waals surface area contributed by atoms with E-state index in [0.717, 1.165) is 24.1 Å². The van der Waals surface area contributed by atoms with E-state index in [0.29, 0.717) is 25.6 Å². The van der Waals surface area contributed by atoms with Crippen LogP contribution in [0.3, 0.4) is 0 Å². The largest absolute Gasteiger partial charge is 0.389 e. The SMILES string of the molecule is CCOC1(c2ncc([C@@H](C)O)c(C)n2)CCOCC1. The van der Waals surface area contributed by atoms with Gasteiger partial charge in [-0.15, -0.1) is 0 Å². The van der Waals surface area contributed by atoms with Gasteiger partial charge in [-0.2, -0.15) is 0 Å². The molecular formula is C14H22N2O3. The fourth-order valence-corrected chi connectivity index (χ4v) is 2.52. The number of hydrogen-bond donors (Lipinski definition) is 1. The molecule has 1 aliphatic heterocycles. The quantitative estimate of drug-likeness (QED) is 0.901. The molecule has 1 saturated heterocycles. The highest BCUT2D eigenvalue weighted by atomic mass is 16.5. The monoisotopic (exact) mass is 266 g/mol. The summed E-state index contributed by atoms with van der Waals surface area (Å²) in [7, 11) is 0. The number of rotatable bonds is 4. The number of ether oxygens (including phenoxy) is 2. The van der Waals surface area contributed by atoms with Crippen molar-refractivity contribution in [2.24, 2.45) is 0 Å². The Kier molecular flexibility index (Phi) is 4.50. The molecule has 0 saturated carbocycles. The molecule has 1 atom stereocenters. The summed E-state index contributed by atoms with van der Waals surface area (Å²) in [5.41, 5.74) is 1.14. The number of aliphatic hydroxyl groups excluding tert-OH is 1. The molecule has 5 nitrogen and oxygen atoms in total. The zero-order valence-corrected chi connectivity index (χ0v) is 11.8.